The number of carbonyl (C=O) groups is 2. The van der Waals surface area contributed by atoms with Crippen LogP contribution >= 0.6 is 0 Å². The largest absolute Gasteiger partial charge is 0.494 e. The van der Waals surface area contributed by atoms with Gasteiger partial charge in [-0.25, -0.2) is 14.0 Å². The number of hydrogen-bond acceptors (Lipinski definition) is 5. The first-order chi connectivity index (χ1) is 12.4. The van der Waals surface area contributed by atoms with Crippen molar-refractivity contribution in [3.63, 3.8) is 0 Å². The first-order valence-corrected chi connectivity index (χ1v) is 8.23. The predicted molar refractivity (Wildman–Crippen MR) is 88.2 cm³/mol. The van der Waals surface area contributed by atoms with Crippen LogP contribution in [0.4, 0.5) is 9.18 Å². The SMILES string of the molecule is CCOc1cc(OC2CCN(C(=O)O)CC2)c(F)c(C(OC)C(=O)O)c1. The van der Waals surface area contributed by atoms with E-state index in [0.717, 1.165) is 0 Å². The van der Waals surface area contributed by atoms with Crippen LogP contribution < -0.4 is 9.47 Å². The number of amides is 1. The molecule has 0 bridgehead atoms. The summed E-state index contributed by atoms with van der Waals surface area (Å²) >= 11 is 0. The van der Waals surface area contributed by atoms with E-state index < -0.39 is 24.0 Å². The van der Waals surface area contributed by atoms with Crippen molar-refractivity contribution in [3.05, 3.63) is 23.5 Å². The molecule has 144 valence electrons. The molecule has 1 aromatic rings. The van der Waals surface area contributed by atoms with Crippen LogP contribution in [0, 0.1) is 5.82 Å². The summed E-state index contributed by atoms with van der Waals surface area (Å²) in [6, 6.07) is 2.64. The molecule has 2 N–H and O–H groups in total. The fourth-order valence-electron chi connectivity index (χ4n) is 2.82. The number of aliphatic carboxylic acids is 1. The Balaban J connectivity index is 2.25. The van der Waals surface area contributed by atoms with Crippen molar-refractivity contribution in [3.8, 4) is 11.5 Å². The summed E-state index contributed by atoms with van der Waals surface area (Å²) in [7, 11) is 1.17. The zero-order valence-corrected chi connectivity index (χ0v) is 14.6. The van der Waals surface area contributed by atoms with E-state index in [9.17, 15) is 19.1 Å². The highest BCUT2D eigenvalue weighted by atomic mass is 19.1. The number of hydrogen-bond donors (Lipinski definition) is 2. The number of methoxy groups -OCH3 is 1. The summed E-state index contributed by atoms with van der Waals surface area (Å²) in [5.74, 6) is -2.03. The third-order valence-corrected chi connectivity index (χ3v) is 4.10. The third kappa shape index (κ3) is 4.54. The zero-order valence-electron chi connectivity index (χ0n) is 14.6. The lowest BCUT2D eigenvalue weighted by molar-refractivity contribution is -0.149. The topological polar surface area (TPSA) is 106 Å². The van der Waals surface area contributed by atoms with Gasteiger partial charge < -0.3 is 29.3 Å². The molecule has 9 heteroatoms. The quantitative estimate of drug-likeness (QED) is 0.759. The summed E-state index contributed by atoms with van der Waals surface area (Å²) in [6.45, 7) is 2.63. The summed E-state index contributed by atoms with van der Waals surface area (Å²) in [4.78, 5) is 23.5. The van der Waals surface area contributed by atoms with Gasteiger partial charge in [0.25, 0.3) is 0 Å². The van der Waals surface area contributed by atoms with Crippen molar-refractivity contribution in [1.29, 1.82) is 0 Å². The smallest absolute Gasteiger partial charge is 0.407 e. The van der Waals surface area contributed by atoms with E-state index >= 15 is 0 Å². The second-order valence-corrected chi connectivity index (χ2v) is 5.80. The van der Waals surface area contributed by atoms with Gasteiger partial charge in [-0.3, -0.25) is 0 Å². The van der Waals surface area contributed by atoms with E-state index in [-0.39, 0.29) is 36.3 Å². The summed E-state index contributed by atoms with van der Waals surface area (Å²) in [5.41, 5.74) is -0.191. The van der Waals surface area contributed by atoms with E-state index in [1.807, 2.05) is 0 Å². The highest BCUT2D eigenvalue weighted by Crippen LogP contribution is 2.34. The molecule has 0 aromatic heterocycles. The number of halogens is 1. The Bertz CT molecular complexity index is 659. The van der Waals surface area contributed by atoms with Crippen molar-refractivity contribution in [2.75, 3.05) is 26.8 Å². The normalized spacial score (nSPS) is 16.2. The number of carboxylic acid groups (broad SMARTS) is 2. The average molecular weight is 371 g/mol. The summed E-state index contributed by atoms with van der Waals surface area (Å²) in [6.07, 6.45) is -2.05. The molecule has 1 unspecified atom stereocenters. The van der Waals surface area contributed by atoms with Crippen LogP contribution in [-0.2, 0) is 9.53 Å². The molecule has 1 aliphatic rings. The minimum Gasteiger partial charge on any atom is -0.494 e. The van der Waals surface area contributed by atoms with Crippen molar-refractivity contribution < 1.29 is 38.4 Å². The number of carboxylic acids is 1. The predicted octanol–water partition coefficient (Wildman–Crippen LogP) is 2.52. The van der Waals surface area contributed by atoms with E-state index in [1.54, 1.807) is 6.92 Å². The maximum absolute atomic E-state index is 14.8. The Hall–Kier alpha value is -2.55. The van der Waals surface area contributed by atoms with Crippen LogP contribution in [0.2, 0.25) is 0 Å². The number of ether oxygens (including phenoxy) is 3. The fourth-order valence-corrected chi connectivity index (χ4v) is 2.82. The Morgan fingerprint density at radius 1 is 1.31 bits per heavy atom. The van der Waals surface area contributed by atoms with Gasteiger partial charge in [0.05, 0.1) is 6.61 Å². The Morgan fingerprint density at radius 3 is 2.46 bits per heavy atom. The van der Waals surface area contributed by atoms with E-state index in [2.05, 4.69) is 0 Å². The maximum atomic E-state index is 14.8. The average Bonchev–Trinajstić information content (AvgIpc) is 2.59. The molecule has 1 fully saturated rings. The van der Waals surface area contributed by atoms with Gasteiger partial charge in [0.15, 0.2) is 17.7 Å². The standard InChI is InChI=1S/C17H22FNO7/c1-3-25-11-8-12(15(24-2)16(20)21)14(18)13(9-11)26-10-4-6-19(7-5-10)17(22)23/h8-10,15H,3-7H2,1-2H3,(H,20,21)(H,22,23). The maximum Gasteiger partial charge on any atom is 0.407 e. The van der Waals surface area contributed by atoms with Crippen molar-refractivity contribution in [2.45, 2.75) is 32.0 Å². The van der Waals surface area contributed by atoms with Gasteiger partial charge in [-0.05, 0) is 13.0 Å². The van der Waals surface area contributed by atoms with Gasteiger partial charge in [0.1, 0.15) is 11.9 Å². The Kier molecular flexibility index (Phi) is 6.62. The van der Waals surface area contributed by atoms with E-state index in [4.69, 9.17) is 19.3 Å². The van der Waals surface area contributed by atoms with Crippen LogP contribution in [0.1, 0.15) is 31.4 Å². The van der Waals surface area contributed by atoms with Gasteiger partial charge >= 0.3 is 12.1 Å². The minimum atomic E-state index is -1.49. The van der Waals surface area contributed by atoms with E-state index in [0.29, 0.717) is 19.4 Å². The van der Waals surface area contributed by atoms with Gasteiger partial charge in [-0.1, -0.05) is 0 Å². The molecular weight excluding hydrogens is 349 g/mol. The molecule has 0 aliphatic carbocycles. The Labute approximate surface area is 150 Å². The lowest BCUT2D eigenvalue weighted by Crippen LogP contribution is -2.41. The van der Waals surface area contributed by atoms with Gasteiger partial charge in [-0.2, -0.15) is 0 Å². The molecule has 2 rings (SSSR count). The van der Waals surface area contributed by atoms with Crippen molar-refractivity contribution in [2.24, 2.45) is 0 Å². The van der Waals surface area contributed by atoms with Crippen LogP contribution in [0.15, 0.2) is 12.1 Å². The van der Waals surface area contributed by atoms with Crippen molar-refractivity contribution >= 4 is 12.1 Å². The molecule has 1 aliphatic heterocycles. The van der Waals surface area contributed by atoms with Crippen LogP contribution in [-0.4, -0.2) is 60.1 Å². The molecule has 0 saturated carbocycles. The van der Waals surface area contributed by atoms with Crippen LogP contribution in [0.5, 0.6) is 11.5 Å². The van der Waals surface area contributed by atoms with Gasteiger partial charge in [0.2, 0.25) is 0 Å². The van der Waals surface area contributed by atoms with Gasteiger partial charge in [-0.15, -0.1) is 0 Å². The van der Waals surface area contributed by atoms with Gasteiger partial charge in [0, 0.05) is 44.7 Å². The minimum absolute atomic E-state index is 0.136. The zero-order chi connectivity index (χ0) is 19.3. The number of likely N-dealkylation sites (tertiary alicyclic amines) is 1. The second-order valence-electron chi connectivity index (χ2n) is 5.80. The number of benzene rings is 1. The fraction of sp³-hybridized carbons (Fsp3) is 0.529. The molecule has 1 saturated heterocycles. The van der Waals surface area contributed by atoms with Crippen LogP contribution in [0.3, 0.4) is 0 Å². The first-order valence-electron chi connectivity index (χ1n) is 8.23. The third-order valence-electron chi connectivity index (χ3n) is 4.10. The first kappa shape index (κ1) is 19.8. The molecule has 26 heavy (non-hydrogen) atoms. The molecule has 0 spiro atoms. The second kappa shape index (κ2) is 8.70. The number of nitrogens with zero attached hydrogens (tertiary/aromatic N) is 1. The molecule has 8 nitrogen and oxygen atoms in total. The Morgan fingerprint density at radius 2 is 1.96 bits per heavy atom. The number of rotatable bonds is 7. The van der Waals surface area contributed by atoms with E-state index in [1.165, 1.54) is 24.1 Å². The summed E-state index contributed by atoms with van der Waals surface area (Å²) in [5, 5.41) is 18.2. The number of piperidine rings is 1. The monoisotopic (exact) mass is 371 g/mol. The molecule has 1 aromatic carbocycles. The lowest BCUT2D eigenvalue weighted by Gasteiger charge is -2.30. The highest BCUT2D eigenvalue weighted by Gasteiger charge is 2.29. The molecule has 0 radical (unpaired) electrons. The lowest BCUT2D eigenvalue weighted by atomic mass is 10.1. The molecule has 1 amide bonds. The molecule has 1 atom stereocenters. The van der Waals surface area contributed by atoms with Crippen LogP contribution in [0.25, 0.3) is 0 Å². The summed E-state index contributed by atoms with van der Waals surface area (Å²) < 4.78 is 30.8. The highest BCUT2D eigenvalue weighted by molar-refractivity contribution is 5.75. The molecular formula is C17H22FNO7. The van der Waals surface area contributed by atoms with Crippen molar-refractivity contribution in [1.82, 2.24) is 4.90 Å². The molecule has 1 heterocycles.